The second kappa shape index (κ2) is 34.7. The van der Waals surface area contributed by atoms with Gasteiger partial charge in [0, 0.05) is 25.2 Å². The van der Waals surface area contributed by atoms with Gasteiger partial charge in [-0.3, -0.25) is 28.0 Å². The SMILES string of the molecule is CCCCCCCCCCCCCCCCCC(=O)OC[C@@H]1COP(=O)(O)O[C@H]2[C@H](O)[C@@H](O)[C@H](O)[C@@H](CCCCCCC(=O)O1)[C@@H](O)CC(=O)[C@H](/C=C/[C@@H](O)CCCCC)[C@@H](O)[C@H]2OP(=O)(O)O. The fourth-order valence-corrected chi connectivity index (χ4v) is 10.2. The number of unbranched alkanes of at least 4 members (excludes halogenated alkanes) is 16. The maximum atomic E-state index is 13.9. The van der Waals surface area contributed by atoms with Gasteiger partial charge >= 0.3 is 27.6 Å². The molecule has 12 atom stereocenters. The van der Waals surface area contributed by atoms with Crippen LogP contribution in [0.4, 0.5) is 0 Å². The Balaban J connectivity index is 2.27. The Labute approximate surface area is 403 Å². The fraction of sp³-hybridized carbons (Fsp3) is 0.894. The lowest BCUT2D eigenvalue weighted by Gasteiger charge is -2.38. The molecule has 1 aliphatic carbocycles. The van der Waals surface area contributed by atoms with Gasteiger partial charge in [0.1, 0.15) is 36.8 Å². The van der Waals surface area contributed by atoms with Gasteiger partial charge in [-0.05, 0) is 25.7 Å². The van der Waals surface area contributed by atoms with E-state index in [1.54, 1.807) is 0 Å². The number of fused-ring (bicyclic) bond motifs is 4. The summed E-state index contributed by atoms with van der Waals surface area (Å²) in [5.74, 6) is -5.59. The molecule has 1 saturated carbocycles. The monoisotopic (exact) mass is 1020 g/mol. The van der Waals surface area contributed by atoms with Crippen molar-refractivity contribution in [2.24, 2.45) is 11.8 Å². The zero-order chi connectivity index (χ0) is 50.5. The van der Waals surface area contributed by atoms with E-state index in [4.69, 9.17) is 23.0 Å². The summed E-state index contributed by atoms with van der Waals surface area (Å²) in [7, 11) is -11.5. The third-order valence-electron chi connectivity index (χ3n) is 12.7. The average Bonchev–Trinajstić information content (AvgIpc) is 3.28. The van der Waals surface area contributed by atoms with Crippen LogP contribution in [0.2, 0.25) is 0 Å². The lowest BCUT2D eigenvalue weighted by Crippen LogP contribution is -2.56. The quantitative estimate of drug-likeness (QED) is 0.0192. The number of aliphatic hydroxyl groups excluding tert-OH is 6. The second-order valence-corrected chi connectivity index (χ2v) is 21.3. The van der Waals surface area contributed by atoms with Gasteiger partial charge in [0.25, 0.3) is 0 Å². The molecule has 68 heavy (non-hydrogen) atoms. The van der Waals surface area contributed by atoms with Crippen LogP contribution in [0.1, 0.15) is 187 Å². The van der Waals surface area contributed by atoms with E-state index in [0.29, 0.717) is 32.1 Å². The minimum Gasteiger partial charge on any atom is -0.462 e. The van der Waals surface area contributed by atoms with Crippen LogP contribution in [0.5, 0.6) is 0 Å². The molecule has 1 aliphatic heterocycles. The van der Waals surface area contributed by atoms with Crippen molar-refractivity contribution >= 4 is 33.4 Å². The number of hydrogen-bond acceptors (Lipinski definition) is 16. The molecular weight excluding hydrogens is 930 g/mol. The van der Waals surface area contributed by atoms with Crippen molar-refractivity contribution < 1.29 is 91.9 Å². The van der Waals surface area contributed by atoms with Crippen LogP contribution >= 0.6 is 15.6 Å². The van der Waals surface area contributed by atoms with Crippen LogP contribution in [-0.2, 0) is 46.6 Å². The first-order valence-electron chi connectivity index (χ1n) is 25.3. The molecule has 19 nitrogen and oxygen atoms in total. The van der Waals surface area contributed by atoms with Gasteiger partial charge in [0.2, 0.25) is 0 Å². The number of esters is 2. The Hall–Kier alpha value is -1.67. The van der Waals surface area contributed by atoms with Gasteiger partial charge in [-0.15, -0.1) is 0 Å². The van der Waals surface area contributed by atoms with Crippen LogP contribution in [0.3, 0.4) is 0 Å². The van der Waals surface area contributed by atoms with E-state index < -0.39 is 120 Å². The van der Waals surface area contributed by atoms with Crippen LogP contribution < -0.4 is 0 Å². The Kier molecular flexibility index (Phi) is 31.8. The zero-order valence-corrected chi connectivity index (χ0v) is 42.3. The van der Waals surface area contributed by atoms with Crippen LogP contribution in [0, 0.1) is 11.8 Å². The van der Waals surface area contributed by atoms with Gasteiger partial charge in [-0.2, -0.15) is 0 Å². The van der Waals surface area contributed by atoms with Crippen LogP contribution in [0.25, 0.3) is 0 Å². The van der Waals surface area contributed by atoms with Crippen molar-refractivity contribution in [3.8, 4) is 0 Å². The number of rotatable bonds is 26. The molecule has 2 bridgehead atoms. The van der Waals surface area contributed by atoms with E-state index in [2.05, 4.69) is 6.92 Å². The van der Waals surface area contributed by atoms with Crippen molar-refractivity contribution in [2.45, 2.75) is 242 Å². The lowest BCUT2D eigenvalue weighted by molar-refractivity contribution is -0.165. The topological polar surface area (TPSA) is 314 Å². The highest BCUT2D eigenvalue weighted by Gasteiger charge is 2.51. The number of phosphoric ester groups is 2. The summed E-state index contributed by atoms with van der Waals surface area (Å²) >= 11 is 0. The molecule has 0 radical (unpaired) electrons. The Morgan fingerprint density at radius 2 is 1.34 bits per heavy atom. The molecular formula is C47H86O19P2. The minimum atomic E-state index is -5.78. The summed E-state index contributed by atoms with van der Waals surface area (Å²) in [6, 6.07) is 0. The fourth-order valence-electron chi connectivity index (χ4n) is 8.71. The van der Waals surface area contributed by atoms with Gasteiger partial charge in [-0.1, -0.05) is 154 Å². The van der Waals surface area contributed by atoms with Crippen molar-refractivity contribution in [1.29, 1.82) is 0 Å². The first-order chi connectivity index (χ1) is 32.3. The molecule has 1 heterocycles. The number of aliphatic hydroxyl groups is 6. The third-order valence-corrected chi connectivity index (χ3v) is 14.2. The molecule has 2 aliphatic rings. The zero-order valence-electron chi connectivity index (χ0n) is 40.5. The van der Waals surface area contributed by atoms with Gasteiger partial charge < -0.3 is 54.8 Å². The largest absolute Gasteiger partial charge is 0.472 e. The smallest absolute Gasteiger partial charge is 0.462 e. The molecule has 0 spiro atoms. The normalized spacial score (nSPS) is 30.4. The molecule has 0 amide bonds. The number of ether oxygens (including phenoxy) is 2. The predicted octanol–water partition coefficient (Wildman–Crippen LogP) is 6.54. The van der Waals surface area contributed by atoms with E-state index in [0.717, 1.165) is 50.7 Å². The van der Waals surface area contributed by atoms with E-state index in [1.165, 1.54) is 64.2 Å². The Bertz CT molecular complexity index is 1530. The van der Waals surface area contributed by atoms with E-state index >= 15 is 0 Å². The van der Waals surface area contributed by atoms with Crippen molar-refractivity contribution in [1.82, 2.24) is 0 Å². The number of Topliss-reactive ketones (excluding diaryl/α,β-unsaturated/α-hetero) is 1. The molecule has 21 heteroatoms. The number of carbonyl (C=O) groups excluding carboxylic acids is 3. The predicted molar refractivity (Wildman–Crippen MR) is 252 cm³/mol. The highest BCUT2D eigenvalue weighted by molar-refractivity contribution is 7.47. The maximum absolute atomic E-state index is 13.9. The average molecular weight is 1020 g/mol. The molecule has 2 fully saturated rings. The number of phosphoric acid groups is 2. The Morgan fingerprint density at radius 1 is 0.779 bits per heavy atom. The molecule has 1 unspecified atom stereocenters. The number of hydrogen-bond donors (Lipinski definition) is 9. The standard InChI is InChI=1S/C47H86O19P2/c1-3-5-7-8-9-10-11-12-13-14-15-16-17-18-23-27-40(51)62-32-35-33-63-68(60,61)66-47-45(56)44(55)42(53)36(26-22-19-20-24-28-41(52)64-35)38(49)31-39(50)37(30-29-34(48)25-21-6-4-2)43(54)46(47)65-67(57,58)59/h29-30,34-38,42-49,53-56H,3-28,31-33H2,1-2H3,(H,60,61)(H2,57,58,59)/b30-29+/t34-,35+,36-,37-,38-,42+,43+,44-,45+,46+,47-/m0/s1. The lowest BCUT2D eigenvalue weighted by atomic mass is 9.82. The molecule has 9 N–H and O–H groups in total. The molecule has 0 aromatic carbocycles. The van der Waals surface area contributed by atoms with Gasteiger partial charge in [0.05, 0.1) is 36.9 Å². The van der Waals surface area contributed by atoms with Crippen molar-refractivity contribution in [3.63, 3.8) is 0 Å². The molecule has 398 valence electrons. The first kappa shape index (κ1) is 62.4. The number of carbonyl (C=O) groups is 3. The molecule has 0 aromatic rings. The highest BCUT2D eigenvalue weighted by Crippen LogP contribution is 2.49. The van der Waals surface area contributed by atoms with Crippen molar-refractivity contribution in [2.75, 3.05) is 13.2 Å². The summed E-state index contributed by atoms with van der Waals surface area (Å²) < 4.78 is 52.1. The highest BCUT2D eigenvalue weighted by atomic mass is 31.2. The van der Waals surface area contributed by atoms with Crippen LogP contribution in [0.15, 0.2) is 12.2 Å². The maximum Gasteiger partial charge on any atom is 0.472 e. The van der Waals surface area contributed by atoms with E-state index in [1.807, 2.05) is 6.92 Å². The van der Waals surface area contributed by atoms with Gasteiger partial charge in [0.15, 0.2) is 6.10 Å². The van der Waals surface area contributed by atoms with Crippen LogP contribution in [-0.4, -0.2) is 131 Å². The second-order valence-electron chi connectivity index (χ2n) is 18.7. The van der Waals surface area contributed by atoms with E-state index in [9.17, 15) is 68.8 Å². The summed E-state index contributed by atoms with van der Waals surface area (Å²) in [6.07, 6.45) is 3.00. The summed E-state index contributed by atoms with van der Waals surface area (Å²) in [5.41, 5.74) is 0. The third kappa shape index (κ3) is 26.1. The molecule has 0 aromatic heterocycles. The Morgan fingerprint density at radius 3 is 1.93 bits per heavy atom. The molecule has 1 saturated heterocycles. The minimum absolute atomic E-state index is 0.0623. The number of ketones is 1. The van der Waals surface area contributed by atoms with Crippen molar-refractivity contribution in [3.05, 3.63) is 12.2 Å². The summed E-state index contributed by atoms with van der Waals surface area (Å²) in [6.45, 7) is 2.59. The first-order valence-corrected chi connectivity index (χ1v) is 28.4. The summed E-state index contributed by atoms with van der Waals surface area (Å²) in [4.78, 5) is 70.6. The van der Waals surface area contributed by atoms with E-state index in [-0.39, 0.29) is 32.1 Å². The molecule has 2 rings (SSSR count). The summed E-state index contributed by atoms with van der Waals surface area (Å²) in [5, 5.41) is 68.0. The van der Waals surface area contributed by atoms with Gasteiger partial charge in [-0.25, -0.2) is 9.13 Å². The number of cyclic esters (lactones) is 1.